The van der Waals surface area contributed by atoms with Gasteiger partial charge in [-0.1, -0.05) is 30.3 Å². The highest BCUT2D eigenvalue weighted by Gasteiger charge is 2.31. The summed E-state index contributed by atoms with van der Waals surface area (Å²) in [6, 6.07) is 0. The second-order valence-corrected chi connectivity index (χ2v) is 9.23. The summed E-state index contributed by atoms with van der Waals surface area (Å²) in [5, 5.41) is 5.03. The topological polar surface area (TPSA) is 84.6 Å². The molecule has 8 nitrogen and oxygen atoms in total. The minimum Gasteiger partial charge on any atom is -0.378 e. The van der Waals surface area contributed by atoms with E-state index in [0.717, 1.165) is 60.4 Å². The summed E-state index contributed by atoms with van der Waals surface area (Å²) in [6.45, 7) is 10.6. The summed E-state index contributed by atoms with van der Waals surface area (Å²) >= 11 is 1.49. The number of thiazole rings is 1. The Balaban J connectivity index is 1.45. The monoisotopic (exact) mass is 419 g/mol. The molecule has 0 saturated carbocycles. The van der Waals surface area contributed by atoms with Crippen LogP contribution in [0.1, 0.15) is 59.7 Å². The highest BCUT2D eigenvalue weighted by Crippen LogP contribution is 2.31. The predicted octanol–water partition coefficient (Wildman–Crippen LogP) is 2.89. The third kappa shape index (κ3) is 4.61. The van der Waals surface area contributed by atoms with Crippen molar-refractivity contribution in [3.63, 3.8) is 0 Å². The third-order valence-electron chi connectivity index (χ3n) is 5.39. The van der Waals surface area contributed by atoms with E-state index in [4.69, 9.17) is 9.26 Å². The van der Waals surface area contributed by atoms with Gasteiger partial charge in [0.05, 0.1) is 24.8 Å². The maximum absolute atomic E-state index is 13.2. The Morgan fingerprint density at radius 1 is 1.24 bits per heavy atom. The molecule has 1 atom stereocenters. The number of anilines is 1. The highest BCUT2D eigenvalue weighted by atomic mass is 32.1. The van der Waals surface area contributed by atoms with Crippen molar-refractivity contribution in [3.8, 4) is 0 Å². The van der Waals surface area contributed by atoms with Crippen LogP contribution in [0.3, 0.4) is 0 Å². The van der Waals surface area contributed by atoms with Gasteiger partial charge < -0.3 is 19.1 Å². The summed E-state index contributed by atoms with van der Waals surface area (Å²) in [6.07, 6.45) is 2.71. The van der Waals surface area contributed by atoms with Gasteiger partial charge in [-0.05, 0) is 25.7 Å². The van der Waals surface area contributed by atoms with Crippen molar-refractivity contribution in [3.05, 3.63) is 22.3 Å². The first-order chi connectivity index (χ1) is 14.0. The number of aromatic nitrogens is 3. The molecule has 158 valence electrons. The van der Waals surface area contributed by atoms with Crippen molar-refractivity contribution in [2.24, 2.45) is 5.92 Å². The van der Waals surface area contributed by atoms with E-state index in [9.17, 15) is 4.79 Å². The minimum absolute atomic E-state index is 0.0612. The van der Waals surface area contributed by atoms with Crippen molar-refractivity contribution in [1.82, 2.24) is 20.0 Å². The van der Waals surface area contributed by atoms with Crippen LogP contribution in [0.4, 0.5) is 5.13 Å². The number of hydrogen-bond donors (Lipinski definition) is 0. The van der Waals surface area contributed by atoms with Gasteiger partial charge in [-0.2, -0.15) is 4.98 Å². The van der Waals surface area contributed by atoms with Crippen molar-refractivity contribution < 1.29 is 14.1 Å². The van der Waals surface area contributed by atoms with Crippen LogP contribution < -0.4 is 4.90 Å². The van der Waals surface area contributed by atoms with Crippen LogP contribution in [0, 0.1) is 12.8 Å². The molecule has 29 heavy (non-hydrogen) atoms. The van der Waals surface area contributed by atoms with Gasteiger partial charge in [0.25, 0.3) is 5.91 Å². The predicted molar refractivity (Wildman–Crippen MR) is 111 cm³/mol. The number of ether oxygens (including phenoxy) is 1. The summed E-state index contributed by atoms with van der Waals surface area (Å²) in [4.78, 5) is 27.3. The number of hydrogen-bond acceptors (Lipinski definition) is 8. The van der Waals surface area contributed by atoms with Crippen LogP contribution in [0.2, 0.25) is 0 Å². The van der Waals surface area contributed by atoms with Gasteiger partial charge in [0, 0.05) is 32.6 Å². The van der Waals surface area contributed by atoms with Crippen molar-refractivity contribution >= 4 is 22.4 Å². The molecule has 0 radical (unpaired) electrons. The molecule has 0 aliphatic carbocycles. The van der Waals surface area contributed by atoms with Crippen LogP contribution in [0.15, 0.2) is 4.52 Å². The first kappa shape index (κ1) is 20.3. The number of nitrogens with zero attached hydrogens (tertiary/aromatic N) is 5. The normalized spacial score (nSPS) is 20.5. The number of likely N-dealkylation sites (tertiary alicyclic amines) is 1. The Labute approximate surface area is 175 Å². The standard InChI is InChI=1S/C20H29N5O3S/c1-13(2)11-16-22-18(28-23-16)15-5-4-6-25(12-15)19(26)17-14(3)21-20(29-17)24-7-9-27-10-8-24/h13,15H,4-12H2,1-3H3. The molecule has 2 aliphatic rings. The summed E-state index contributed by atoms with van der Waals surface area (Å²) < 4.78 is 10.9. The van der Waals surface area contributed by atoms with Crippen LogP contribution >= 0.6 is 11.3 Å². The second-order valence-electron chi connectivity index (χ2n) is 8.25. The fourth-order valence-corrected chi connectivity index (χ4v) is 4.95. The molecule has 2 aliphatic heterocycles. The van der Waals surface area contributed by atoms with Crippen LogP contribution in [-0.2, 0) is 11.2 Å². The van der Waals surface area contributed by atoms with Gasteiger partial charge in [-0.25, -0.2) is 4.98 Å². The summed E-state index contributed by atoms with van der Waals surface area (Å²) in [5.74, 6) is 2.07. The number of piperidine rings is 1. The molecule has 0 bridgehead atoms. The lowest BCUT2D eigenvalue weighted by Crippen LogP contribution is -2.39. The number of amides is 1. The van der Waals surface area contributed by atoms with Gasteiger partial charge in [-0.15, -0.1) is 0 Å². The molecular weight excluding hydrogens is 390 g/mol. The molecule has 0 spiro atoms. The van der Waals surface area contributed by atoms with E-state index >= 15 is 0 Å². The molecular formula is C20H29N5O3S. The third-order valence-corrected chi connectivity index (χ3v) is 6.60. The van der Waals surface area contributed by atoms with E-state index in [1.54, 1.807) is 0 Å². The molecule has 0 N–H and O–H groups in total. The van der Waals surface area contributed by atoms with Crippen LogP contribution in [-0.4, -0.2) is 65.3 Å². The number of morpholine rings is 1. The first-order valence-corrected chi connectivity index (χ1v) is 11.2. The van der Waals surface area contributed by atoms with Gasteiger partial charge >= 0.3 is 0 Å². The van der Waals surface area contributed by atoms with Gasteiger partial charge in [0.2, 0.25) is 5.89 Å². The van der Waals surface area contributed by atoms with Crippen LogP contribution in [0.25, 0.3) is 0 Å². The molecule has 0 aromatic carbocycles. The maximum Gasteiger partial charge on any atom is 0.265 e. The molecule has 1 amide bonds. The lowest BCUT2D eigenvalue weighted by atomic mass is 9.97. The fraction of sp³-hybridized carbons (Fsp3) is 0.700. The average Bonchev–Trinajstić information content (AvgIpc) is 3.34. The molecule has 4 rings (SSSR count). The van der Waals surface area contributed by atoms with E-state index in [-0.39, 0.29) is 11.8 Å². The molecule has 1 unspecified atom stereocenters. The molecule has 4 heterocycles. The zero-order valence-corrected chi connectivity index (χ0v) is 18.2. The largest absolute Gasteiger partial charge is 0.378 e. The van der Waals surface area contributed by atoms with Gasteiger partial charge in [-0.3, -0.25) is 4.79 Å². The van der Waals surface area contributed by atoms with Gasteiger partial charge in [0.15, 0.2) is 11.0 Å². The Hall–Kier alpha value is -2.00. The summed E-state index contributed by atoms with van der Waals surface area (Å²) in [5.41, 5.74) is 0.806. The quantitative estimate of drug-likeness (QED) is 0.737. The fourth-order valence-electron chi connectivity index (χ4n) is 3.86. The Morgan fingerprint density at radius 2 is 2.03 bits per heavy atom. The lowest BCUT2D eigenvalue weighted by Gasteiger charge is -2.30. The highest BCUT2D eigenvalue weighted by molar-refractivity contribution is 7.17. The molecule has 2 aromatic rings. The number of carbonyl (C=O) groups is 1. The first-order valence-electron chi connectivity index (χ1n) is 10.4. The minimum atomic E-state index is 0.0612. The average molecular weight is 420 g/mol. The number of aryl methyl sites for hydroxylation is 1. The van der Waals surface area contributed by atoms with E-state index in [1.807, 2.05) is 11.8 Å². The van der Waals surface area contributed by atoms with E-state index in [0.29, 0.717) is 31.6 Å². The van der Waals surface area contributed by atoms with Gasteiger partial charge in [0.1, 0.15) is 4.88 Å². The van der Waals surface area contributed by atoms with Crippen LogP contribution in [0.5, 0.6) is 0 Å². The molecule has 2 saturated heterocycles. The van der Waals surface area contributed by atoms with E-state index in [1.165, 1.54) is 11.3 Å². The number of carbonyl (C=O) groups excluding carboxylic acids is 1. The van der Waals surface area contributed by atoms with E-state index < -0.39 is 0 Å². The lowest BCUT2D eigenvalue weighted by molar-refractivity contribution is 0.0699. The molecule has 2 fully saturated rings. The second kappa shape index (κ2) is 8.79. The summed E-state index contributed by atoms with van der Waals surface area (Å²) in [7, 11) is 0. The van der Waals surface area contributed by atoms with Crippen molar-refractivity contribution in [2.45, 2.75) is 46.0 Å². The number of rotatable bonds is 5. The zero-order valence-electron chi connectivity index (χ0n) is 17.4. The molecule has 9 heteroatoms. The smallest absolute Gasteiger partial charge is 0.265 e. The Bertz CT molecular complexity index is 843. The zero-order chi connectivity index (χ0) is 20.4. The Morgan fingerprint density at radius 3 is 2.79 bits per heavy atom. The SMILES string of the molecule is Cc1nc(N2CCOCC2)sc1C(=O)N1CCCC(c2nc(CC(C)C)no2)C1. The maximum atomic E-state index is 13.2. The Kier molecular flexibility index (Phi) is 6.15. The van der Waals surface area contributed by atoms with E-state index in [2.05, 4.69) is 33.9 Å². The molecule has 2 aromatic heterocycles. The van der Waals surface area contributed by atoms with Crippen molar-refractivity contribution in [2.75, 3.05) is 44.3 Å². The van der Waals surface area contributed by atoms with Crippen molar-refractivity contribution in [1.29, 1.82) is 0 Å².